The van der Waals surface area contributed by atoms with Crippen molar-refractivity contribution in [1.29, 1.82) is 0 Å². The highest BCUT2D eigenvalue weighted by atomic mass is 28.4. The van der Waals surface area contributed by atoms with Crippen LogP contribution in [0.4, 0.5) is 0 Å². The van der Waals surface area contributed by atoms with E-state index in [4.69, 9.17) is 23.4 Å². The molecule has 7 heteroatoms. The first-order valence-corrected chi connectivity index (χ1v) is 17.5. The summed E-state index contributed by atoms with van der Waals surface area (Å²) in [6, 6.07) is 40.0. The second kappa shape index (κ2) is 14.2. The van der Waals surface area contributed by atoms with E-state index in [1.807, 2.05) is 74.5 Å². The van der Waals surface area contributed by atoms with Gasteiger partial charge in [0, 0.05) is 0 Å². The van der Waals surface area contributed by atoms with Gasteiger partial charge in [-0.25, -0.2) is 4.79 Å². The van der Waals surface area contributed by atoms with Gasteiger partial charge in [0.25, 0.3) is 8.32 Å². The Balaban J connectivity index is 1.47. The van der Waals surface area contributed by atoms with Crippen LogP contribution in [-0.2, 0) is 30.0 Å². The second-order valence-electron chi connectivity index (χ2n) is 12.9. The summed E-state index contributed by atoms with van der Waals surface area (Å²) in [5, 5.41) is 2.16. The number of benzene rings is 4. The fraction of sp³-hybridized carbons (Fsp3) is 0.342. The van der Waals surface area contributed by atoms with Crippen molar-refractivity contribution >= 4 is 24.7 Å². The molecule has 1 aliphatic rings. The van der Waals surface area contributed by atoms with Gasteiger partial charge in [0.1, 0.15) is 24.9 Å². The van der Waals surface area contributed by atoms with E-state index in [1.165, 1.54) is 10.4 Å². The SMILES string of the molecule is CC1(C)O[C@H](COC(=O)c2ccccc2)[C@@H](OCc2ccccc2)[C@@H](CO[Si](c2ccccc2)(c2ccccc2)C(C)(C)C)O1. The maximum Gasteiger partial charge on any atom is 0.338 e. The van der Waals surface area contributed by atoms with E-state index in [0.717, 1.165) is 5.56 Å². The molecule has 1 heterocycles. The van der Waals surface area contributed by atoms with Crippen LogP contribution in [0.25, 0.3) is 0 Å². The van der Waals surface area contributed by atoms with E-state index in [0.29, 0.717) is 12.2 Å². The molecule has 1 saturated heterocycles. The van der Waals surface area contributed by atoms with Crippen LogP contribution in [0.1, 0.15) is 50.5 Å². The molecule has 0 N–H and O–H groups in total. The molecule has 1 fully saturated rings. The highest BCUT2D eigenvalue weighted by Crippen LogP contribution is 2.38. The van der Waals surface area contributed by atoms with Crippen molar-refractivity contribution in [2.45, 2.75) is 70.4 Å². The molecule has 4 aromatic carbocycles. The van der Waals surface area contributed by atoms with Gasteiger partial charge in [-0.05, 0) is 47.0 Å². The van der Waals surface area contributed by atoms with E-state index in [-0.39, 0.29) is 18.3 Å². The minimum Gasteiger partial charge on any atom is -0.459 e. The molecule has 236 valence electrons. The predicted molar refractivity (Wildman–Crippen MR) is 179 cm³/mol. The number of carbonyl (C=O) groups excluding carboxylic acids is 1. The number of hydrogen-bond acceptors (Lipinski definition) is 6. The lowest BCUT2D eigenvalue weighted by atomic mass is 10.1. The molecule has 4 aromatic rings. The summed E-state index contributed by atoms with van der Waals surface area (Å²) in [6.45, 7) is 11.1. The van der Waals surface area contributed by atoms with Crippen molar-refractivity contribution in [1.82, 2.24) is 0 Å². The van der Waals surface area contributed by atoms with Crippen LogP contribution < -0.4 is 10.4 Å². The summed E-state index contributed by atoms with van der Waals surface area (Å²) in [5.74, 6) is -1.37. The summed E-state index contributed by atoms with van der Waals surface area (Å²) < 4.78 is 32.7. The van der Waals surface area contributed by atoms with E-state index in [1.54, 1.807) is 12.1 Å². The van der Waals surface area contributed by atoms with Crippen molar-refractivity contribution in [3.8, 4) is 0 Å². The standard InChI is InChI=1S/C38H44O6Si/c1-37(2,3)45(31-22-14-8-15-23-31,32-24-16-9-17-25-32)42-28-34-35(40-26-29-18-10-6-11-19-29)33(43-38(4,5)44-34)27-41-36(39)30-20-12-7-13-21-30/h6-25,33-35H,26-28H2,1-5H3/t33-,34-,35-/m1/s1. The average molecular weight is 625 g/mol. The van der Waals surface area contributed by atoms with Gasteiger partial charge in [-0.15, -0.1) is 0 Å². The molecule has 0 bridgehead atoms. The lowest BCUT2D eigenvalue weighted by molar-refractivity contribution is -0.346. The minimum absolute atomic E-state index is 0.00961. The zero-order valence-corrected chi connectivity index (χ0v) is 27.8. The van der Waals surface area contributed by atoms with Crippen LogP contribution in [0.2, 0.25) is 5.04 Å². The predicted octanol–water partition coefficient (Wildman–Crippen LogP) is 6.53. The summed E-state index contributed by atoms with van der Waals surface area (Å²) >= 11 is 0. The highest BCUT2D eigenvalue weighted by molar-refractivity contribution is 6.99. The molecule has 3 atom stereocenters. The van der Waals surface area contributed by atoms with Crippen molar-refractivity contribution in [2.24, 2.45) is 0 Å². The van der Waals surface area contributed by atoms with Gasteiger partial charge >= 0.3 is 5.97 Å². The molecule has 0 unspecified atom stereocenters. The Morgan fingerprint density at radius 3 is 1.69 bits per heavy atom. The van der Waals surface area contributed by atoms with Crippen molar-refractivity contribution < 1.29 is 28.2 Å². The lowest BCUT2D eigenvalue weighted by Gasteiger charge is -2.48. The maximum absolute atomic E-state index is 12.9. The quantitative estimate of drug-likeness (QED) is 0.140. The first-order valence-electron chi connectivity index (χ1n) is 15.6. The summed E-state index contributed by atoms with van der Waals surface area (Å²) in [4.78, 5) is 12.9. The third kappa shape index (κ3) is 7.80. The molecule has 0 radical (unpaired) electrons. The Hall–Kier alpha value is -3.59. The van der Waals surface area contributed by atoms with Crippen molar-refractivity contribution in [3.05, 3.63) is 132 Å². The number of hydrogen-bond donors (Lipinski definition) is 0. The van der Waals surface area contributed by atoms with Crippen LogP contribution in [0, 0.1) is 0 Å². The largest absolute Gasteiger partial charge is 0.459 e. The topological polar surface area (TPSA) is 63.2 Å². The van der Waals surface area contributed by atoms with Crippen molar-refractivity contribution in [2.75, 3.05) is 13.2 Å². The van der Waals surface area contributed by atoms with Crippen LogP contribution >= 0.6 is 0 Å². The van der Waals surface area contributed by atoms with Gasteiger partial charge < -0.3 is 23.4 Å². The Morgan fingerprint density at radius 1 is 0.711 bits per heavy atom. The number of ether oxygens (including phenoxy) is 4. The normalized spacial score (nSPS) is 20.0. The fourth-order valence-electron chi connectivity index (χ4n) is 6.15. The summed E-state index contributed by atoms with van der Waals surface area (Å²) in [5.41, 5.74) is 1.51. The van der Waals surface area contributed by atoms with Gasteiger partial charge in [-0.1, -0.05) is 130 Å². The summed E-state index contributed by atoms with van der Waals surface area (Å²) in [7, 11) is -2.86. The zero-order chi connectivity index (χ0) is 31.9. The Morgan fingerprint density at radius 2 is 1.18 bits per heavy atom. The third-order valence-corrected chi connectivity index (χ3v) is 13.2. The molecule has 0 aromatic heterocycles. The highest BCUT2D eigenvalue weighted by Gasteiger charge is 2.52. The first kappa shape index (κ1) is 32.8. The Bertz CT molecular complexity index is 1450. The minimum atomic E-state index is -2.86. The van der Waals surface area contributed by atoms with Crippen molar-refractivity contribution in [3.63, 3.8) is 0 Å². The van der Waals surface area contributed by atoms with Gasteiger partial charge in [0.15, 0.2) is 5.79 Å². The molecule has 5 rings (SSSR count). The Labute approximate surface area is 268 Å². The van der Waals surface area contributed by atoms with Gasteiger partial charge in [0.2, 0.25) is 0 Å². The number of rotatable bonds is 11. The molecule has 0 aliphatic carbocycles. The lowest BCUT2D eigenvalue weighted by Crippen LogP contribution is -2.68. The molecule has 1 aliphatic heterocycles. The first-order chi connectivity index (χ1) is 21.6. The van der Waals surface area contributed by atoms with E-state index in [9.17, 15) is 4.79 Å². The molecule has 45 heavy (non-hydrogen) atoms. The van der Waals surface area contributed by atoms with Gasteiger partial charge in [-0.3, -0.25) is 0 Å². The van der Waals surface area contributed by atoms with Crippen LogP contribution in [-0.4, -0.2) is 51.6 Å². The molecular formula is C38H44O6Si. The molecule has 0 saturated carbocycles. The number of esters is 1. The zero-order valence-electron chi connectivity index (χ0n) is 26.8. The second-order valence-corrected chi connectivity index (χ2v) is 17.2. The van der Waals surface area contributed by atoms with Crippen LogP contribution in [0.3, 0.4) is 0 Å². The number of carbonyl (C=O) groups is 1. The smallest absolute Gasteiger partial charge is 0.338 e. The average Bonchev–Trinajstić information content (AvgIpc) is 3.04. The fourth-order valence-corrected chi connectivity index (χ4v) is 10.7. The maximum atomic E-state index is 12.9. The monoisotopic (exact) mass is 624 g/mol. The van der Waals surface area contributed by atoms with Gasteiger partial charge in [-0.2, -0.15) is 0 Å². The van der Waals surface area contributed by atoms with Crippen LogP contribution in [0.15, 0.2) is 121 Å². The Kier molecular flexibility index (Phi) is 10.4. The third-order valence-electron chi connectivity index (χ3n) is 8.16. The van der Waals surface area contributed by atoms with Gasteiger partial charge in [0.05, 0.1) is 18.8 Å². The molecule has 6 nitrogen and oxygen atoms in total. The van der Waals surface area contributed by atoms with Crippen LogP contribution in [0.5, 0.6) is 0 Å². The van der Waals surface area contributed by atoms with E-state index >= 15 is 0 Å². The summed E-state index contributed by atoms with van der Waals surface area (Å²) in [6.07, 6.45) is -1.66. The van der Waals surface area contributed by atoms with E-state index < -0.39 is 38.4 Å². The molecule has 0 amide bonds. The van der Waals surface area contributed by atoms with E-state index in [2.05, 4.69) is 69.3 Å². The molecule has 0 spiro atoms. The molecular weight excluding hydrogens is 580 g/mol.